The molecule has 0 fully saturated rings. The van der Waals surface area contributed by atoms with Gasteiger partial charge in [0.05, 0.1) is 22.0 Å². The van der Waals surface area contributed by atoms with Crippen LogP contribution in [-0.2, 0) is 16.7 Å². The molecule has 2 rings (SSSR count). The normalized spacial score (nSPS) is 11.4. The van der Waals surface area contributed by atoms with Crippen LogP contribution in [0.2, 0.25) is 5.02 Å². The molecule has 128 valence electrons. The van der Waals surface area contributed by atoms with Gasteiger partial charge in [-0.3, -0.25) is 4.79 Å². The summed E-state index contributed by atoms with van der Waals surface area (Å²) >= 11 is 7.02. The van der Waals surface area contributed by atoms with Gasteiger partial charge in [0.1, 0.15) is 5.82 Å². The average Bonchev–Trinajstić information content (AvgIpc) is 2.48. The van der Waals surface area contributed by atoms with Crippen LogP contribution in [0.25, 0.3) is 0 Å². The van der Waals surface area contributed by atoms with Crippen molar-refractivity contribution in [2.75, 3.05) is 11.1 Å². The van der Waals surface area contributed by atoms with Crippen molar-refractivity contribution in [2.45, 2.75) is 11.9 Å². The molecule has 24 heavy (non-hydrogen) atoms. The van der Waals surface area contributed by atoms with Crippen molar-refractivity contribution in [3.63, 3.8) is 0 Å². The fourth-order valence-corrected chi connectivity index (χ4v) is 2.81. The lowest BCUT2D eigenvalue weighted by Gasteiger charge is -2.11. The van der Waals surface area contributed by atoms with E-state index in [0.29, 0.717) is 11.3 Å². The van der Waals surface area contributed by atoms with Crippen molar-refractivity contribution < 1.29 is 22.4 Å². The molecule has 8 heteroatoms. The van der Waals surface area contributed by atoms with E-state index in [0.717, 1.165) is 18.2 Å². The van der Waals surface area contributed by atoms with E-state index in [1.165, 1.54) is 23.9 Å². The van der Waals surface area contributed by atoms with Gasteiger partial charge in [-0.15, -0.1) is 11.8 Å². The molecule has 2 nitrogen and oxygen atoms in total. The highest BCUT2D eigenvalue weighted by molar-refractivity contribution is 7.99. The molecular formula is C16H12ClF4NOS. The summed E-state index contributed by atoms with van der Waals surface area (Å²) in [6, 6.07) is 8.67. The first-order chi connectivity index (χ1) is 11.3. The Morgan fingerprint density at radius 2 is 1.92 bits per heavy atom. The van der Waals surface area contributed by atoms with E-state index >= 15 is 0 Å². The molecule has 0 aliphatic carbocycles. The van der Waals surface area contributed by atoms with E-state index in [9.17, 15) is 22.4 Å². The van der Waals surface area contributed by atoms with Crippen LogP contribution < -0.4 is 5.32 Å². The number of carbonyl (C=O) groups excluding carboxylic acids is 1. The van der Waals surface area contributed by atoms with Crippen LogP contribution in [0.3, 0.4) is 0 Å². The van der Waals surface area contributed by atoms with E-state index in [4.69, 9.17) is 11.6 Å². The zero-order chi connectivity index (χ0) is 17.7. The first-order valence-electron chi connectivity index (χ1n) is 6.74. The van der Waals surface area contributed by atoms with Crippen molar-refractivity contribution >= 4 is 35.0 Å². The number of thioether (sulfide) groups is 1. The smallest absolute Gasteiger partial charge is 0.324 e. The van der Waals surface area contributed by atoms with Crippen LogP contribution in [0.1, 0.15) is 11.1 Å². The zero-order valence-corrected chi connectivity index (χ0v) is 13.7. The van der Waals surface area contributed by atoms with Crippen molar-refractivity contribution in [1.82, 2.24) is 0 Å². The van der Waals surface area contributed by atoms with Crippen LogP contribution >= 0.6 is 23.4 Å². The molecule has 0 atom stereocenters. The van der Waals surface area contributed by atoms with Crippen molar-refractivity contribution in [3.05, 3.63) is 64.4 Å². The van der Waals surface area contributed by atoms with E-state index < -0.39 is 17.6 Å². The first kappa shape index (κ1) is 18.6. The highest BCUT2D eigenvalue weighted by Gasteiger charge is 2.31. The highest BCUT2D eigenvalue weighted by Crippen LogP contribution is 2.33. The molecule has 1 N–H and O–H groups in total. The Bertz CT molecular complexity index is 736. The quantitative estimate of drug-likeness (QED) is 0.710. The van der Waals surface area contributed by atoms with Gasteiger partial charge < -0.3 is 5.32 Å². The number of halogens is 5. The number of alkyl halides is 3. The lowest BCUT2D eigenvalue weighted by Crippen LogP contribution is -2.15. The number of rotatable bonds is 5. The second-order valence-corrected chi connectivity index (χ2v) is 6.26. The summed E-state index contributed by atoms with van der Waals surface area (Å²) < 4.78 is 51.0. The lowest BCUT2D eigenvalue weighted by molar-refractivity contribution is -0.137. The van der Waals surface area contributed by atoms with Crippen LogP contribution in [0.5, 0.6) is 0 Å². The monoisotopic (exact) mass is 377 g/mol. The molecule has 0 radical (unpaired) electrons. The summed E-state index contributed by atoms with van der Waals surface area (Å²) in [5, 5.41) is 2.37. The first-order valence-corrected chi connectivity index (χ1v) is 8.28. The molecule has 0 aliphatic heterocycles. The van der Waals surface area contributed by atoms with Crippen LogP contribution in [0.4, 0.5) is 23.2 Å². The number of hydrogen-bond donors (Lipinski definition) is 1. The van der Waals surface area contributed by atoms with Crippen LogP contribution in [0, 0.1) is 5.82 Å². The fraction of sp³-hybridized carbons (Fsp3) is 0.188. The molecule has 2 aromatic carbocycles. The summed E-state index contributed by atoms with van der Waals surface area (Å²) in [7, 11) is 0. The van der Waals surface area contributed by atoms with Gasteiger partial charge in [0.25, 0.3) is 0 Å². The van der Waals surface area contributed by atoms with Crippen molar-refractivity contribution in [3.8, 4) is 0 Å². The number of carbonyl (C=O) groups is 1. The predicted molar refractivity (Wildman–Crippen MR) is 87.6 cm³/mol. The maximum atomic E-state index is 13.0. The Morgan fingerprint density at radius 1 is 1.17 bits per heavy atom. The van der Waals surface area contributed by atoms with Gasteiger partial charge in [-0.1, -0.05) is 23.7 Å². The third-order valence-electron chi connectivity index (χ3n) is 2.96. The third kappa shape index (κ3) is 5.42. The number of benzene rings is 2. The minimum atomic E-state index is -4.52. The van der Waals surface area contributed by atoms with E-state index in [-0.39, 0.29) is 22.3 Å². The fourth-order valence-electron chi connectivity index (χ4n) is 1.87. The number of amides is 1. The zero-order valence-electron chi connectivity index (χ0n) is 12.2. The lowest BCUT2D eigenvalue weighted by atomic mass is 10.2. The van der Waals surface area contributed by atoms with Gasteiger partial charge in [-0.05, 0) is 35.9 Å². The summed E-state index contributed by atoms with van der Waals surface area (Å²) in [5.74, 6) is -0.448. The van der Waals surface area contributed by atoms with Crippen LogP contribution in [-0.4, -0.2) is 11.7 Å². The second kappa shape index (κ2) is 7.90. The highest BCUT2D eigenvalue weighted by atomic mass is 35.5. The van der Waals surface area contributed by atoms with E-state index in [1.54, 1.807) is 12.1 Å². The molecule has 0 saturated heterocycles. The summed E-state index contributed by atoms with van der Waals surface area (Å²) in [6.07, 6.45) is -4.52. The van der Waals surface area contributed by atoms with Gasteiger partial charge >= 0.3 is 6.18 Å². The summed E-state index contributed by atoms with van der Waals surface area (Å²) in [5.41, 5.74) is -0.276. The largest absolute Gasteiger partial charge is 0.416 e. The SMILES string of the molecule is O=C(CSCc1cccc(F)c1)Nc1cc(C(F)(F)F)ccc1Cl. The third-order valence-corrected chi connectivity index (χ3v) is 4.29. The Balaban J connectivity index is 1.92. The molecule has 1 amide bonds. The Kier molecular flexibility index (Phi) is 6.12. The molecule has 0 aliphatic rings. The predicted octanol–water partition coefficient (Wildman–Crippen LogP) is 5.37. The van der Waals surface area contributed by atoms with Gasteiger partial charge in [0.2, 0.25) is 5.91 Å². The minimum Gasteiger partial charge on any atom is -0.324 e. The maximum absolute atomic E-state index is 13.0. The second-order valence-electron chi connectivity index (χ2n) is 4.86. The van der Waals surface area contributed by atoms with Gasteiger partial charge in [0, 0.05) is 5.75 Å². The van der Waals surface area contributed by atoms with Gasteiger partial charge in [-0.25, -0.2) is 4.39 Å². The number of nitrogens with one attached hydrogen (secondary N) is 1. The summed E-state index contributed by atoms with van der Waals surface area (Å²) in [6.45, 7) is 0. The summed E-state index contributed by atoms with van der Waals surface area (Å²) in [4.78, 5) is 11.8. The Hall–Kier alpha value is -1.73. The Labute approximate surface area is 145 Å². The van der Waals surface area contributed by atoms with Gasteiger partial charge in [0.15, 0.2) is 0 Å². The molecule has 0 bridgehead atoms. The maximum Gasteiger partial charge on any atom is 0.416 e. The number of anilines is 1. The van der Waals surface area contributed by atoms with E-state index in [1.807, 2.05) is 0 Å². The van der Waals surface area contributed by atoms with E-state index in [2.05, 4.69) is 5.32 Å². The van der Waals surface area contributed by atoms with Crippen LogP contribution in [0.15, 0.2) is 42.5 Å². The number of hydrogen-bond acceptors (Lipinski definition) is 2. The molecular weight excluding hydrogens is 366 g/mol. The topological polar surface area (TPSA) is 29.1 Å². The standard InChI is InChI=1S/C16H12ClF4NOS/c17-13-5-4-11(16(19,20)21)7-14(13)22-15(23)9-24-8-10-2-1-3-12(18)6-10/h1-7H,8-9H2,(H,22,23). The molecule has 0 spiro atoms. The minimum absolute atomic E-state index is 0.00306. The molecule has 0 unspecified atom stereocenters. The molecule has 0 saturated carbocycles. The molecule has 0 aromatic heterocycles. The average molecular weight is 378 g/mol. The van der Waals surface area contributed by atoms with Crippen molar-refractivity contribution in [1.29, 1.82) is 0 Å². The Morgan fingerprint density at radius 3 is 2.58 bits per heavy atom. The molecule has 0 heterocycles. The van der Waals surface area contributed by atoms with Crippen molar-refractivity contribution in [2.24, 2.45) is 0 Å². The van der Waals surface area contributed by atoms with Gasteiger partial charge in [-0.2, -0.15) is 13.2 Å². The molecule has 2 aromatic rings.